The lowest BCUT2D eigenvalue weighted by atomic mass is 10.1. The minimum atomic E-state index is -0.866. The topological polar surface area (TPSA) is 58.4 Å². The predicted octanol–water partition coefficient (Wildman–Crippen LogP) is 1.23. The van der Waals surface area contributed by atoms with Crippen LogP contribution in [0.5, 0.6) is 0 Å². The Morgan fingerprint density at radius 2 is 2.24 bits per heavy atom. The number of carboxylic acid groups (broad SMARTS) is 1. The highest BCUT2D eigenvalue weighted by molar-refractivity contribution is 5.87. The molecule has 2 rings (SSSR count). The first-order valence-corrected chi connectivity index (χ1v) is 5.99. The number of carbonyl (C=O) groups is 1. The summed E-state index contributed by atoms with van der Waals surface area (Å²) in [5.74, 6) is -0.470. The van der Waals surface area contributed by atoms with Crippen molar-refractivity contribution in [1.82, 2.24) is 14.7 Å². The van der Waals surface area contributed by atoms with Gasteiger partial charge in [-0.05, 0) is 13.0 Å². The Balaban J connectivity index is 2.43. The smallest absolute Gasteiger partial charge is 0.354 e. The van der Waals surface area contributed by atoms with Crippen molar-refractivity contribution in [2.45, 2.75) is 33.4 Å². The molecular weight excluding hydrogens is 218 g/mol. The SMILES string of the molecule is CC(C)Cn1nc2c(c1C(=O)O)CN(C)CC2. The highest BCUT2D eigenvalue weighted by Gasteiger charge is 2.26. The third-order valence-electron chi connectivity index (χ3n) is 3.03. The molecule has 1 aliphatic rings. The van der Waals surface area contributed by atoms with E-state index >= 15 is 0 Å². The fraction of sp³-hybridized carbons (Fsp3) is 0.667. The number of likely N-dealkylation sites (N-methyl/N-ethyl adjacent to an activating group) is 1. The molecule has 0 aliphatic carbocycles. The van der Waals surface area contributed by atoms with Crippen molar-refractivity contribution in [2.75, 3.05) is 13.6 Å². The van der Waals surface area contributed by atoms with Crippen molar-refractivity contribution in [1.29, 1.82) is 0 Å². The van der Waals surface area contributed by atoms with Crippen LogP contribution in [-0.2, 0) is 19.5 Å². The highest BCUT2D eigenvalue weighted by Crippen LogP contribution is 2.22. The van der Waals surface area contributed by atoms with Crippen LogP contribution >= 0.6 is 0 Å². The van der Waals surface area contributed by atoms with E-state index in [2.05, 4.69) is 23.8 Å². The second-order valence-corrected chi connectivity index (χ2v) is 5.14. The van der Waals surface area contributed by atoms with Gasteiger partial charge in [0.2, 0.25) is 0 Å². The van der Waals surface area contributed by atoms with E-state index in [0.717, 1.165) is 24.2 Å². The monoisotopic (exact) mass is 237 g/mol. The summed E-state index contributed by atoms with van der Waals surface area (Å²) in [5.41, 5.74) is 2.23. The first-order chi connectivity index (χ1) is 7.99. The third kappa shape index (κ3) is 2.34. The number of aromatic nitrogens is 2. The van der Waals surface area contributed by atoms with Crippen molar-refractivity contribution in [3.63, 3.8) is 0 Å². The normalized spacial score (nSPS) is 16.2. The average Bonchev–Trinajstić information content (AvgIpc) is 2.53. The molecule has 0 fully saturated rings. The number of nitrogens with zero attached hydrogens (tertiary/aromatic N) is 3. The molecule has 0 amide bonds. The van der Waals surface area contributed by atoms with Crippen molar-refractivity contribution < 1.29 is 9.90 Å². The molecule has 0 bridgehead atoms. The molecule has 0 saturated carbocycles. The predicted molar refractivity (Wildman–Crippen MR) is 64.1 cm³/mol. The Hall–Kier alpha value is -1.36. The molecule has 0 radical (unpaired) electrons. The van der Waals surface area contributed by atoms with Gasteiger partial charge in [0.25, 0.3) is 0 Å². The van der Waals surface area contributed by atoms with Crippen LogP contribution in [0.2, 0.25) is 0 Å². The van der Waals surface area contributed by atoms with Gasteiger partial charge in [-0.15, -0.1) is 0 Å². The molecule has 1 aromatic rings. The molecule has 0 atom stereocenters. The van der Waals surface area contributed by atoms with Gasteiger partial charge in [-0.25, -0.2) is 4.79 Å². The fourth-order valence-corrected chi connectivity index (χ4v) is 2.28. The first kappa shape index (κ1) is 12.1. The summed E-state index contributed by atoms with van der Waals surface area (Å²) < 4.78 is 1.66. The van der Waals surface area contributed by atoms with Crippen LogP contribution in [0.15, 0.2) is 0 Å². The van der Waals surface area contributed by atoms with E-state index in [1.807, 2.05) is 7.05 Å². The zero-order valence-corrected chi connectivity index (χ0v) is 10.6. The van der Waals surface area contributed by atoms with Crippen LogP contribution in [0.1, 0.15) is 35.6 Å². The van der Waals surface area contributed by atoms with E-state index in [-0.39, 0.29) is 0 Å². The zero-order valence-electron chi connectivity index (χ0n) is 10.6. The van der Waals surface area contributed by atoms with Gasteiger partial charge in [0.15, 0.2) is 5.69 Å². The minimum Gasteiger partial charge on any atom is -0.477 e. The highest BCUT2D eigenvalue weighted by atomic mass is 16.4. The number of aromatic carboxylic acids is 1. The lowest BCUT2D eigenvalue weighted by Crippen LogP contribution is -2.27. The summed E-state index contributed by atoms with van der Waals surface area (Å²) in [5, 5.41) is 13.8. The maximum atomic E-state index is 11.4. The molecule has 0 spiro atoms. The summed E-state index contributed by atoms with van der Waals surface area (Å²) in [6, 6.07) is 0. The molecule has 5 nitrogen and oxygen atoms in total. The molecular formula is C12H19N3O2. The molecule has 1 aromatic heterocycles. The van der Waals surface area contributed by atoms with Crippen molar-refractivity contribution in [2.24, 2.45) is 5.92 Å². The first-order valence-electron chi connectivity index (χ1n) is 5.99. The second-order valence-electron chi connectivity index (χ2n) is 5.14. The molecule has 1 N–H and O–H groups in total. The quantitative estimate of drug-likeness (QED) is 0.859. The Morgan fingerprint density at radius 1 is 1.53 bits per heavy atom. The lowest BCUT2D eigenvalue weighted by Gasteiger charge is -2.21. The number of hydrogen-bond acceptors (Lipinski definition) is 3. The maximum absolute atomic E-state index is 11.4. The fourth-order valence-electron chi connectivity index (χ4n) is 2.28. The largest absolute Gasteiger partial charge is 0.477 e. The van der Waals surface area contributed by atoms with Crippen LogP contribution < -0.4 is 0 Å². The summed E-state index contributed by atoms with van der Waals surface area (Å²) >= 11 is 0. The number of carboxylic acids is 1. The van der Waals surface area contributed by atoms with E-state index in [4.69, 9.17) is 0 Å². The Kier molecular flexibility index (Phi) is 3.19. The Bertz CT molecular complexity index is 437. The van der Waals surface area contributed by atoms with Gasteiger partial charge in [-0.3, -0.25) is 4.68 Å². The standard InChI is InChI=1S/C12H19N3O2/c1-8(2)6-15-11(12(16)17)9-7-14(3)5-4-10(9)13-15/h8H,4-7H2,1-3H3,(H,16,17). The van der Waals surface area contributed by atoms with Gasteiger partial charge in [0.05, 0.1) is 5.69 Å². The summed E-state index contributed by atoms with van der Waals surface area (Å²) in [4.78, 5) is 13.5. The van der Waals surface area contributed by atoms with Gasteiger partial charge >= 0.3 is 5.97 Å². The molecule has 0 saturated heterocycles. The Morgan fingerprint density at radius 3 is 2.82 bits per heavy atom. The van der Waals surface area contributed by atoms with Gasteiger partial charge in [0, 0.05) is 31.6 Å². The molecule has 1 aliphatic heterocycles. The number of rotatable bonds is 3. The third-order valence-corrected chi connectivity index (χ3v) is 3.03. The summed E-state index contributed by atoms with van der Waals surface area (Å²) in [6.45, 7) is 6.44. The van der Waals surface area contributed by atoms with E-state index in [9.17, 15) is 9.90 Å². The molecule has 0 unspecified atom stereocenters. The molecule has 5 heteroatoms. The zero-order chi connectivity index (χ0) is 12.6. The van der Waals surface area contributed by atoms with E-state index in [1.54, 1.807) is 4.68 Å². The van der Waals surface area contributed by atoms with Crippen LogP contribution in [0.3, 0.4) is 0 Å². The molecule has 2 heterocycles. The van der Waals surface area contributed by atoms with E-state index < -0.39 is 5.97 Å². The van der Waals surface area contributed by atoms with Crippen molar-refractivity contribution >= 4 is 5.97 Å². The average molecular weight is 237 g/mol. The van der Waals surface area contributed by atoms with E-state index in [1.165, 1.54) is 0 Å². The second kappa shape index (κ2) is 4.49. The van der Waals surface area contributed by atoms with Crippen LogP contribution in [0.4, 0.5) is 0 Å². The van der Waals surface area contributed by atoms with E-state index in [0.29, 0.717) is 24.7 Å². The van der Waals surface area contributed by atoms with Crippen LogP contribution in [-0.4, -0.2) is 39.3 Å². The van der Waals surface area contributed by atoms with Gasteiger partial charge in [0.1, 0.15) is 0 Å². The summed E-state index contributed by atoms with van der Waals surface area (Å²) in [7, 11) is 2.01. The minimum absolute atomic E-state index is 0.375. The van der Waals surface area contributed by atoms with Gasteiger partial charge in [-0.1, -0.05) is 13.8 Å². The summed E-state index contributed by atoms with van der Waals surface area (Å²) in [6.07, 6.45) is 0.844. The maximum Gasteiger partial charge on any atom is 0.354 e. The van der Waals surface area contributed by atoms with Gasteiger partial charge in [-0.2, -0.15) is 5.10 Å². The molecule has 0 aromatic carbocycles. The van der Waals surface area contributed by atoms with Crippen molar-refractivity contribution in [3.8, 4) is 0 Å². The van der Waals surface area contributed by atoms with Crippen LogP contribution in [0, 0.1) is 5.92 Å². The molecule has 17 heavy (non-hydrogen) atoms. The van der Waals surface area contributed by atoms with Crippen LogP contribution in [0.25, 0.3) is 0 Å². The number of hydrogen-bond donors (Lipinski definition) is 1. The molecule has 94 valence electrons. The Labute approximate surface area is 101 Å². The van der Waals surface area contributed by atoms with Gasteiger partial charge < -0.3 is 10.0 Å². The van der Waals surface area contributed by atoms with Crippen molar-refractivity contribution in [3.05, 3.63) is 17.0 Å². The number of fused-ring (bicyclic) bond motifs is 1. The lowest BCUT2D eigenvalue weighted by molar-refractivity contribution is 0.0680.